The molecule has 2 aliphatic rings. The van der Waals surface area contributed by atoms with Crippen LogP contribution in [0.1, 0.15) is 36.9 Å². The number of thioether (sulfide) groups is 1. The molecule has 1 aromatic heterocycles. The van der Waals surface area contributed by atoms with E-state index in [9.17, 15) is 14.9 Å². The van der Waals surface area contributed by atoms with E-state index in [2.05, 4.69) is 10.4 Å². The van der Waals surface area contributed by atoms with Crippen LogP contribution >= 0.6 is 11.8 Å². The molecule has 0 spiro atoms. The molecular formula is C18H24N4O5S. The number of ether oxygens (including phenoxy) is 2. The number of nitro groups is 1. The van der Waals surface area contributed by atoms with Gasteiger partial charge < -0.3 is 14.8 Å². The van der Waals surface area contributed by atoms with Crippen LogP contribution in [0.4, 0.5) is 5.82 Å². The Labute approximate surface area is 167 Å². The molecule has 0 bridgehead atoms. The van der Waals surface area contributed by atoms with Gasteiger partial charge in [-0.15, -0.1) is 0 Å². The number of rotatable bonds is 7. The number of nitrogens with zero attached hydrogens (tertiary/aromatic N) is 3. The third kappa shape index (κ3) is 3.53. The van der Waals surface area contributed by atoms with E-state index in [0.717, 1.165) is 17.1 Å². The van der Waals surface area contributed by atoms with E-state index >= 15 is 0 Å². The van der Waals surface area contributed by atoms with Crippen molar-refractivity contribution in [1.82, 2.24) is 9.78 Å². The van der Waals surface area contributed by atoms with Crippen LogP contribution in [0.15, 0.2) is 22.8 Å². The van der Waals surface area contributed by atoms with E-state index in [1.165, 1.54) is 18.9 Å². The Kier molecular flexibility index (Phi) is 5.80. The zero-order valence-corrected chi connectivity index (χ0v) is 17.2. The second-order valence-electron chi connectivity index (χ2n) is 6.92. The Morgan fingerprint density at radius 3 is 2.86 bits per heavy atom. The van der Waals surface area contributed by atoms with Gasteiger partial charge in [0.25, 0.3) is 4.87 Å². The normalized spacial score (nSPS) is 23.5. The summed E-state index contributed by atoms with van der Waals surface area (Å²) in [5.41, 5.74) is 2.57. The van der Waals surface area contributed by atoms with Crippen LogP contribution in [-0.4, -0.2) is 45.9 Å². The van der Waals surface area contributed by atoms with Gasteiger partial charge in [-0.3, -0.25) is 14.8 Å². The highest BCUT2D eigenvalue weighted by Crippen LogP contribution is 2.50. The van der Waals surface area contributed by atoms with Crippen LogP contribution in [0.2, 0.25) is 0 Å². The number of hydrogen-bond donors (Lipinski definition) is 1. The fraction of sp³-hybridized carbons (Fsp3) is 0.556. The Hall–Kier alpha value is -2.33. The maximum Gasteiger partial charge on any atom is 0.336 e. The molecule has 9 nitrogen and oxygen atoms in total. The average Bonchev–Trinajstić information content (AvgIpc) is 3.21. The minimum atomic E-state index is -1.21. The molecule has 0 aromatic carbocycles. The number of anilines is 1. The van der Waals surface area contributed by atoms with Crippen molar-refractivity contribution < 1.29 is 19.2 Å². The smallest absolute Gasteiger partial charge is 0.336 e. The van der Waals surface area contributed by atoms with Gasteiger partial charge in [0.05, 0.1) is 17.9 Å². The number of methoxy groups -OCH3 is 1. The third-order valence-corrected chi connectivity index (χ3v) is 6.34. The van der Waals surface area contributed by atoms with Crippen molar-refractivity contribution in [3.05, 3.63) is 44.1 Å². The zero-order chi connectivity index (χ0) is 20.5. The van der Waals surface area contributed by atoms with Gasteiger partial charge in [-0.2, -0.15) is 5.10 Å². The van der Waals surface area contributed by atoms with Gasteiger partial charge in [-0.05, 0) is 19.3 Å². The van der Waals surface area contributed by atoms with Gasteiger partial charge in [-0.25, -0.2) is 4.79 Å². The number of nitrogens with one attached hydrogen (secondary N) is 1. The van der Waals surface area contributed by atoms with Crippen LogP contribution in [0.25, 0.3) is 0 Å². The highest BCUT2D eigenvalue weighted by molar-refractivity contribution is 8.03. The first-order valence-corrected chi connectivity index (χ1v) is 9.83. The summed E-state index contributed by atoms with van der Waals surface area (Å²) in [5.74, 6) is -0.226. The van der Waals surface area contributed by atoms with Crippen molar-refractivity contribution in [2.24, 2.45) is 7.05 Å². The minimum absolute atomic E-state index is 0.119. The van der Waals surface area contributed by atoms with Gasteiger partial charge in [0.1, 0.15) is 12.4 Å². The predicted molar refractivity (Wildman–Crippen MR) is 106 cm³/mol. The third-order valence-electron chi connectivity index (χ3n) is 5.09. The first-order valence-electron chi connectivity index (χ1n) is 8.95. The summed E-state index contributed by atoms with van der Waals surface area (Å²) in [6, 6.07) is 0. The van der Waals surface area contributed by atoms with E-state index in [1.807, 2.05) is 6.92 Å². The summed E-state index contributed by atoms with van der Waals surface area (Å²) < 4.78 is 12.0. The van der Waals surface area contributed by atoms with Gasteiger partial charge in [0, 0.05) is 49.1 Å². The fourth-order valence-corrected chi connectivity index (χ4v) is 4.77. The predicted octanol–water partition coefficient (Wildman–Crippen LogP) is 2.71. The molecule has 0 aliphatic carbocycles. The number of aryl methyl sites for hydroxylation is 2. The van der Waals surface area contributed by atoms with Crippen molar-refractivity contribution >= 4 is 23.5 Å². The molecule has 2 unspecified atom stereocenters. The van der Waals surface area contributed by atoms with Gasteiger partial charge in [0.15, 0.2) is 0 Å². The Morgan fingerprint density at radius 1 is 1.50 bits per heavy atom. The lowest BCUT2D eigenvalue weighted by Crippen LogP contribution is -2.37. The van der Waals surface area contributed by atoms with E-state index in [-0.39, 0.29) is 24.6 Å². The maximum absolute atomic E-state index is 12.9. The number of hydrogen-bond acceptors (Lipinski definition) is 8. The molecule has 0 saturated carbocycles. The molecule has 0 fully saturated rings. The molecule has 10 heteroatoms. The number of carbonyl (C=O) groups is 1. The van der Waals surface area contributed by atoms with Gasteiger partial charge in [0.2, 0.25) is 0 Å². The molecule has 28 heavy (non-hydrogen) atoms. The quantitative estimate of drug-likeness (QED) is 0.317. The molecule has 0 saturated heterocycles. The Morgan fingerprint density at radius 2 is 2.25 bits per heavy atom. The summed E-state index contributed by atoms with van der Waals surface area (Å²) in [5, 5.41) is 21.4. The maximum atomic E-state index is 12.9. The lowest BCUT2D eigenvalue weighted by molar-refractivity contribution is -0.538. The number of fused-ring (bicyclic) bond motifs is 1. The van der Waals surface area contributed by atoms with Crippen LogP contribution in [0, 0.1) is 17.0 Å². The monoisotopic (exact) mass is 408 g/mol. The number of carbonyl (C=O) groups excluding carboxylic acids is 1. The second-order valence-corrected chi connectivity index (χ2v) is 8.19. The van der Waals surface area contributed by atoms with Crippen LogP contribution in [0.5, 0.6) is 0 Å². The Balaban J connectivity index is 2.02. The average molecular weight is 408 g/mol. The molecule has 152 valence electrons. The topological polar surface area (TPSA) is 109 Å². The molecule has 0 radical (unpaired) electrons. The summed E-state index contributed by atoms with van der Waals surface area (Å²) in [7, 11) is 3.33. The van der Waals surface area contributed by atoms with Crippen LogP contribution in [0.3, 0.4) is 0 Å². The second kappa shape index (κ2) is 7.96. The van der Waals surface area contributed by atoms with E-state index < -0.39 is 16.8 Å². The molecule has 2 aliphatic heterocycles. The molecule has 1 aromatic rings. The zero-order valence-electron chi connectivity index (χ0n) is 16.4. The van der Waals surface area contributed by atoms with Crippen molar-refractivity contribution in [2.75, 3.05) is 25.6 Å². The minimum Gasteiger partial charge on any atom is -0.460 e. The van der Waals surface area contributed by atoms with Gasteiger partial charge in [-0.1, -0.05) is 17.8 Å². The van der Waals surface area contributed by atoms with Crippen molar-refractivity contribution in [2.45, 2.75) is 37.5 Å². The summed E-state index contributed by atoms with van der Waals surface area (Å²) in [6.07, 6.45) is 2.29. The Bertz CT molecular complexity index is 852. The summed E-state index contributed by atoms with van der Waals surface area (Å²) in [6.45, 7) is 4.03. The standard InChI is InChI=1S/C18H24N4O5S/c1-11-15(17(23)27-8-7-26-4)13(10-18(22(24)25)6-5-9-28-18)14-12(2)20-21(3)16(14)19-11/h5,9,13,19H,6-8,10H2,1-4H3. The van der Waals surface area contributed by atoms with E-state index in [0.29, 0.717) is 17.7 Å². The summed E-state index contributed by atoms with van der Waals surface area (Å²) >= 11 is 1.19. The molecule has 3 heterocycles. The van der Waals surface area contributed by atoms with Crippen molar-refractivity contribution in [3.63, 3.8) is 0 Å². The lowest BCUT2D eigenvalue weighted by atomic mass is 9.81. The van der Waals surface area contributed by atoms with Crippen molar-refractivity contribution in [3.8, 4) is 0 Å². The SMILES string of the molecule is COCCOC(=O)C1=C(C)Nc2c(c(C)nn2C)C1CC1([N+](=O)[O-])CC=CS1. The van der Waals surface area contributed by atoms with Crippen molar-refractivity contribution in [1.29, 1.82) is 0 Å². The fourth-order valence-electron chi connectivity index (χ4n) is 3.78. The first-order chi connectivity index (χ1) is 13.3. The first kappa shape index (κ1) is 20.4. The molecule has 0 amide bonds. The molecule has 2 atom stereocenters. The lowest BCUT2D eigenvalue weighted by Gasteiger charge is -2.31. The molecule has 3 rings (SSSR count). The highest BCUT2D eigenvalue weighted by Gasteiger charge is 2.50. The number of aromatic nitrogens is 2. The highest BCUT2D eigenvalue weighted by atomic mass is 32.2. The largest absolute Gasteiger partial charge is 0.460 e. The molecular weight excluding hydrogens is 384 g/mol. The number of esters is 1. The number of allylic oxidation sites excluding steroid dienone is 1. The summed E-state index contributed by atoms with van der Waals surface area (Å²) in [4.78, 5) is 23.4. The molecule has 1 N–H and O–H groups in total. The van der Waals surface area contributed by atoms with Crippen LogP contribution in [-0.2, 0) is 21.3 Å². The van der Waals surface area contributed by atoms with E-state index in [1.54, 1.807) is 30.1 Å². The van der Waals surface area contributed by atoms with Gasteiger partial charge >= 0.3 is 5.97 Å². The van der Waals surface area contributed by atoms with Crippen LogP contribution < -0.4 is 5.32 Å². The van der Waals surface area contributed by atoms with E-state index in [4.69, 9.17) is 9.47 Å².